The van der Waals surface area contributed by atoms with Crippen molar-refractivity contribution in [3.8, 4) is 45.5 Å². The molecule has 2 fully saturated rings. The fraction of sp³-hybridized carbons (Fsp3) is 0.476. The normalized spacial score (nSPS) is 18.6. The number of aromatic nitrogens is 4. The van der Waals surface area contributed by atoms with Crippen LogP contribution in [0.4, 0.5) is 9.59 Å². The fourth-order valence-electron chi connectivity index (χ4n) is 7.94. The fourth-order valence-corrected chi connectivity index (χ4v) is 7.94. The van der Waals surface area contributed by atoms with E-state index in [0.29, 0.717) is 47.7 Å². The van der Waals surface area contributed by atoms with Gasteiger partial charge in [0.25, 0.3) is 0 Å². The highest BCUT2D eigenvalue weighted by Crippen LogP contribution is 2.48. The number of amides is 4. The summed E-state index contributed by atoms with van der Waals surface area (Å²) in [6.45, 7) is 8.71. The number of ether oxygens (including phenoxy) is 4. The maximum atomic E-state index is 13.7. The molecule has 0 saturated carbocycles. The maximum absolute atomic E-state index is 13.7. The molecule has 0 aliphatic carbocycles. The third kappa shape index (κ3) is 8.31. The van der Waals surface area contributed by atoms with Crippen molar-refractivity contribution >= 4 is 24.0 Å². The number of H-pyrrole nitrogens is 2. The zero-order chi connectivity index (χ0) is 41.1. The summed E-state index contributed by atoms with van der Waals surface area (Å²) < 4.78 is 22.3. The smallest absolute Gasteiger partial charge is 0.407 e. The van der Waals surface area contributed by atoms with Crippen LogP contribution in [0.5, 0.6) is 23.0 Å². The van der Waals surface area contributed by atoms with Gasteiger partial charge in [-0.3, -0.25) is 9.59 Å². The number of rotatable bonds is 10. The molecule has 4 N–H and O–H groups in total. The zero-order valence-electron chi connectivity index (χ0n) is 33.8. The number of hydrogen-bond donors (Lipinski definition) is 4. The zero-order valence-corrected chi connectivity index (χ0v) is 33.8. The monoisotopic (exact) mass is 796 g/mol. The summed E-state index contributed by atoms with van der Waals surface area (Å²) in [5.74, 6) is 2.97. The molecular weight excluding hydrogens is 745 g/mol. The molecule has 16 nitrogen and oxygen atoms in total. The molecule has 4 aromatic rings. The summed E-state index contributed by atoms with van der Waals surface area (Å²) >= 11 is 0. The molecule has 308 valence electrons. The molecule has 4 atom stereocenters. The van der Waals surface area contributed by atoms with Crippen LogP contribution in [-0.2, 0) is 19.1 Å². The van der Waals surface area contributed by atoms with E-state index >= 15 is 0 Å². The first-order valence-corrected chi connectivity index (χ1v) is 20.0. The van der Waals surface area contributed by atoms with E-state index < -0.39 is 24.3 Å². The lowest BCUT2D eigenvalue weighted by atomic mass is 9.97. The Morgan fingerprint density at radius 2 is 1.07 bits per heavy atom. The Morgan fingerprint density at radius 1 is 0.655 bits per heavy atom. The van der Waals surface area contributed by atoms with Gasteiger partial charge in [-0.25, -0.2) is 19.6 Å². The van der Waals surface area contributed by atoms with E-state index in [-0.39, 0.29) is 35.7 Å². The number of carbonyl (C=O) groups is 4. The van der Waals surface area contributed by atoms with Crippen molar-refractivity contribution in [3.05, 3.63) is 60.4 Å². The van der Waals surface area contributed by atoms with Gasteiger partial charge in [-0.1, -0.05) is 27.7 Å². The lowest BCUT2D eigenvalue weighted by Gasteiger charge is -2.37. The molecule has 2 aromatic heterocycles. The molecule has 3 aliphatic heterocycles. The average molecular weight is 797 g/mol. The summed E-state index contributed by atoms with van der Waals surface area (Å²) in [5.41, 5.74) is 3.20. The second-order valence-corrected chi connectivity index (χ2v) is 15.7. The van der Waals surface area contributed by atoms with Crippen molar-refractivity contribution in [1.82, 2.24) is 40.4 Å². The van der Waals surface area contributed by atoms with Crippen molar-refractivity contribution in [1.29, 1.82) is 0 Å². The van der Waals surface area contributed by atoms with Gasteiger partial charge in [0.15, 0.2) is 23.0 Å². The Labute approximate surface area is 337 Å². The maximum Gasteiger partial charge on any atom is 0.407 e. The molecule has 16 heteroatoms. The number of carbonyl (C=O) groups excluding carboxylic acids is 4. The number of imidazole rings is 2. The van der Waals surface area contributed by atoms with Crippen molar-refractivity contribution in [2.45, 2.75) is 90.4 Å². The number of nitrogens with zero attached hydrogens (tertiary/aromatic N) is 4. The third-order valence-electron chi connectivity index (χ3n) is 11.1. The topological polar surface area (TPSA) is 193 Å². The number of nitrogens with one attached hydrogen (secondary N) is 4. The van der Waals surface area contributed by atoms with Gasteiger partial charge in [-0.15, -0.1) is 0 Å². The molecule has 3 aliphatic rings. The van der Waals surface area contributed by atoms with Crippen LogP contribution in [0.25, 0.3) is 22.5 Å². The summed E-state index contributed by atoms with van der Waals surface area (Å²) in [4.78, 5) is 71.5. The molecule has 0 radical (unpaired) electrons. The van der Waals surface area contributed by atoms with E-state index in [1.54, 1.807) is 12.4 Å². The number of likely N-dealkylation sites (tertiary alicyclic amines) is 2. The van der Waals surface area contributed by atoms with Crippen LogP contribution < -0.4 is 20.1 Å². The minimum Gasteiger partial charge on any atom is -0.453 e. The van der Waals surface area contributed by atoms with Gasteiger partial charge < -0.3 is 49.3 Å². The summed E-state index contributed by atoms with van der Waals surface area (Å²) in [6.07, 6.45) is 7.36. The third-order valence-corrected chi connectivity index (χ3v) is 11.1. The van der Waals surface area contributed by atoms with E-state index in [4.69, 9.17) is 28.9 Å². The van der Waals surface area contributed by atoms with Crippen molar-refractivity contribution in [3.63, 3.8) is 0 Å². The Balaban J connectivity index is 1.05. The highest BCUT2D eigenvalue weighted by molar-refractivity contribution is 5.87. The number of benzene rings is 2. The predicted octanol–water partition coefficient (Wildman–Crippen LogP) is 7.23. The number of piperidine rings is 2. The standard InChI is InChI=1S/C42H52N8O8/c1-23(2)35(47-41(53)55-5)39(51)49-17-9-7-11-29(49)37-43-21-27(45-37)25-13-15-31-33(19-25)57-32-16-14-26(20-34(32)58-31)28-22-44-38(46-28)30-12-8-10-18-50(30)40(52)36(24(3)4)48-42(54)56-6/h13-16,19-24,29-30,35-36H,7-12,17-18H2,1-6H3,(H,43,45)(H,44,46)(H,47,53)(H,48,54)/t29-,30-,35-,36-/m0/s1. The van der Waals surface area contributed by atoms with E-state index in [1.807, 2.05) is 73.9 Å². The molecule has 5 heterocycles. The summed E-state index contributed by atoms with van der Waals surface area (Å²) in [6, 6.07) is 9.37. The van der Waals surface area contributed by atoms with Gasteiger partial charge >= 0.3 is 12.2 Å². The first-order chi connectivity index (χ1) is 27.9. The number of aromatic amines is 2. The predicted molar refractivity (Wildman–Crippen MR) is 213 cm³/mol. The van der Waals surface area contributed by atoms with E-state index in [9.17, 15) is 19.2 Å². The van der Waals surface area contributed by atoms with Gasteiger partial charge in [-0.05, 0) is 86.8 Å². The molecule has 4 amide bonds. The van der Waals surface area contributed by atoms with Crippen molar-refractivity contribution in [2.75, 3.05) is 27.3 Å². The highest BCUT2D eigenvalue weighted by Gasteiger charge is 2.38. The number of alkyl carbamates (subject to hydrolysis) is 2. The quantitative estimate of drug-likeness (QED) is 0.112. The van der Waals surface area contributed by atoms with E-state index in [2.05, 4.69) is 20.6 Å². The van der Waals surface area contributed by atoms with Crippen LogP contribution in [0, 0.1) is 11.8 Å². The van der Waals surface area contributed by atoms with Crippen LogP contribution in [0.15, 0.2) is 48.8 Å². The van der Waals surface area contributed by atoms with E-state index in [0.717, 1.165) is 61.0 Å². The molecule has 0 unspecified atom stereocenters. The van der Waals surface area contributed by atoms with Crippen LogP contribution in [0.3, 0.4) is 0 Å². The van der Waals surface area contributed by atoms with Gasteiger partial charge in [0, 0.05) is 24.2 Å². The second-order valence-electron chi connectivity index (χ2n) is 15.7. The first kappa shape index (κ1) is 40.1. The van der Waals surface area contributed by atoms with Crippen molar-refractivity contribution in [2.24, 2.45) is 11.8 Å². The Bertz CT molecular complexity index is 2000. The van der Waals surface area contributed by atoms with E-state index in [1.165, 1.54) is 14.2 Å². The van der Waals surface area contributed by atoms with Gasteiger partial charge in [0.2, 0.25) is 11.8 Å². The Hall–Kier alpha value is -6.06. The molecule has 0 bridgehead atoms. The molecular formula is C42H52N8O8. The summed E-state index contributed by atoms with van der Waals surface area (Å²) in [7, 11) is 2.57. The first-order valence-electron chi connectivity index (χ1n) is 20.0. The molecule has 7 rings (SSSR count). The van der Waals surface area contributed by atoms with Crippen LogP contribution >= 0.6 is 0 Å². The lowest BCUT2D eigenvalue weighted by molar-refractivity contribution is -0.139. The van der Waals surface area contributed by atoms with Crippen LogP contribution in [-0.4, -0.2) is 93.1 Å². The minimum atomic E-state index is -0.720. The van der Waals surface area contributed by atoms with Gasteiger partial charge in [0.05, 0.1) is 50.1 Å². The minimum absolute atomic E-state index is 0.131. The largest absolute Gasteiger partial charge is 0.453 e. The number of fused-ring (bicyclic) bond motifs is 2. The Morgan fingerprint density at radius 3 is 1.45 bits per heavy atom. The molecule has 2 saturated heterocycles. The second kappa shape index (κ2) is 17.2. The summed E-state index contributed by atoms with van der Waals surface area (Å²) in [5, 5.41) is 5.41. The lowest BCUT2D eigenvalue weighted by Crippen LogP contribution is -2.53. The molecule has 0 spiro atoms. The van der Waals surface area contributed by atoms with Crippen LogP contribution in [0.1, 0.15) is 90.0 Å². The molecule has 58 heavy (non-hydrogen) atoms. The van der Waals surface area contributed by atoms with Crippen molar-refractivity contribution < 1.29 is 38.1 Å². The molecule has 2 aromatic carbocycles. The number of methoxy groups -OCH3 is 2. The average Bonchev–Trinajstić information content (AvgIpc) is 3.94. The SMILES string of the molecule is COC(=O)N[C@H](C(=O)N1CCCC[C@H]1c1ncc(-c2ccc3c(c2)Oc2ccc(-c4cnc([C@@H]5CCCCN5C(=O)[C@@H](NC(=O)OC)C(C)C)[nH]4)cc2O3)[nH]1)C(C)C. The Kier molecular flexibility index (Phi) is 11.9. The van der Waals surface area contributed by atoms with Gasteiger partial charge in [-0.2, -0.15) is 0 Å². The number of hydrogen-bond acceptors (Lipinski definition) is 10. The van der Waals surface area contributed by atoms with Crippen LogP contribution in [0.2, 0.25) is 0 Å². The van der Waals surface area contributed by atoms with Gasteiger partial charge in [0.1, 0.15) is 23.7 Å². The highest BCUT2D eigenvalue weighted by atomic mass is 16.6.